The van der Waals surface area contributed by atoms with Crippen LogP contribution in [0.25, 0.3) is 0 Å². The number of carbonyl (C=O) groups is 1. The van der Waals surface area contributed by atoms with Gasteiger partial charge in [-0.25, -0.2) is 0 Å². The Hall–Kier alpha value is -7.14. The molecule has 0 aliphatic carbocycles. The van der Waals surface area contributed by atoms with Crippen molar-refractivity contribution in [2.75, 3.05) is 6.16 Å². The van der Waals surface area contributed by atoms with E-state index in [1.807, 2.05) is 103 Å². The van der Waals surface area contributed by atoms with E-state index in [9.17, 15) is 25.2 Å². The summed E-state index contributed by atoms with van der Waals surface area (Å²) in [5, 5.41) is 43.4. The molecule has 60 heavy (non-hydrogen) atoms. The fourth-order valence-corrected chi connectivity index (χ4v) is 14.3. The molecule has 0 fully saturated rings. The Bertz CT molecular complexity index is 2510. The van der Waals surface area contributed by atoms with Crippen molar-refractivity contribution in [3.05, 3.63) is 246 Å². The first-order chi connectivity index (χ1) is 29.2. The molecular weight excluding hydrogens is 764 g/mol. The van der Waals surface area contributed by atoms with Crippen LogP contribution in [0.3, 0.4) is 0 Å². The van der Waals surface area contributed by atoms with Gasteiger partial charge in [0.25, 0.3) is 0 Å². The van der Waals surface area contributed by atoms with Gasteiger partial charge >= 0.3 is 281 Å². The second-order valence-corrected chi connectivity index (χ2v) is 19.7. The molecule has 1 atom stereocenters. The van der Waals surface area contributed by atoms with Crippen molar-refractivity contribution >= 4 is 28.7 Å². The minimum atomic E-state index is -4.01. The topological polar surface area (TPSA) is 107 Å². The van der Waals surface area contributed by atoms with E-state index in [0.717, 1.165) is 49.3 Å². The van der Waals surface area contributed by atoms with Gasteiger partial charge in [-0.2, -0.15) is 0 Å². The van der Waals surface area contributed by atoms with Gasteiger partial charge in [-0.3, -0.25) is 0 Å². The first-order valence-electron chi connectivity index (χ1n) is 19.9. The zero-order valence-corrected chi connectivity index (χ0v) is 33.7. The summed E-state index contributed by atoms with van der Waals surface area (Å²) in [6.45, 7) is -4.01. The number of aromatic hydroxyl groups is 3. The summed E-state index contributed by atoms with van der Waals surface area (Å²) in [6, 6.07) is 68.5. The molecule has 298 valence electrons. The van der Waals surface area contributed by atoms with E-state index in [1.54, 1.807) is 36.4 Å². The molecule has 6 nitrogen and oxygen atoms in total. The molecule has 0 amide bonds. The number of phenols is 3. The standard InChI is InChI=1S/C53H45O6P/c54-44-28-20-40(21-29-44)52(41-22-30-45(55)31-23-41)38-16-18-39(19-17-38)53(42-24-32-46(56)33-25-42)43-26-34-47(35-27-43)59-60(37-36-51(57)58,48-10-4-1-5-11-48,49-12-6-2-7-13-49)50-14-8-3-9-15-50/h1-35,52-56H,36-37H2,(H,57,58). The normalized spacial score (nSPS) is 12.6. The maximum atomic E-state index is 12.5. The van der Waals surface area contributed by atoms with Crippen molar-refractivity contribution in [2.24, 2.45) is 0 Å². The zero-order valence-electron chi connectivity index (χ0n) is 32.8. The van der Waals surface area contributed by atoms with Gasteiger partial charge in [0.1, 0.15) is 11.5 Å². The summed E-state index contributed by atoms with van der Waals surface area (Å²) in [6.07, 6.45) is 0.145. The summed E-state index contributed by atoms with van der Waals surface area (Å²) >= 11 is 0. The average Bonchev–Trinajstić information content (AvgIpc) is 3.29. The van der Waals surface area contributed by atoms with Crippen molar-refractivity contribution in [1.82, 2.24) is 0 Å². The minimum absolute atomic E-state index is 0.103. The van der Waals surface area contributed by atoms with Gasteiger partial charge in [0.05, 0.1) is 0 Å². The molecular formula is C53H45O6P. The van der Waals surface area contributed by atoms with Crippen LogP contribution in [0.5, 0.6) is 23.0 Å². The van der Waals surface area contributed by atoms with Gasteiger partial charge in [-0.15, -0.1) is 0 Å². The average molecular weight is 809 g/mol. The van der Waals surface area contributed by atoms with Gasteiger partial charge in [-0.05, 0) is 24.3 Å². The third-order valence-corrected chi connectivity index (χ3v) is 17.3. The number of aliphatic carboxylic acids is 1. The van der Waals surface area contributed by atoms with Crippen LogP contribution in [0.4, 0.5) is 0 Å². The molecule has 0 aliphatic heterocycles. The van der Waals surface area contributed by atoms with Crippen molar-refractivity contribution < 1.29 is 29.7 Å². The molecule has 0 aromatic heterocycles. The van der Waals surface area contributed by atoms with Crippen molar-refractivity contribution in [3.63, 3.8) is 0 Å². The van der Waals surface area contributed by atoms with Gasteiger partial charge in [-0.1, -0.05) is 24.3 Å². The van der Waals surface area contributed by atoms with Crippen LogP contribution in [-0.2, 0) is 4.79 Å². The van der Waals surface area contributed by atoms with E-state index >= 15 is 0 Å². The molecule has 8 aromatic rings. The molecule has 0 radical (unpaired) electrons. The molecule has 0 bridgehead atoms. The summed E-state index contributed by atoms with van der Waals surface area (Å²) in [7, 11) is 0. The SMILES string of the molecule is O=C(O)CCP(Oc1ccc(C(c2ccc(O)cc2)c2ccc(C(c3ccc(O)cc3)c3ccc(O)cc3)cc2)cc1)(c1ccccc1)(c1ccccc1)c1ccccc1. The molecule has 0 heterocycles. The second-order valence-electron chi connectivity index (χ2n) is 15.1. The van der Waals surface area contributed by atoms with E-state index in [1.165, 1.54) is 0 Å². The van der Waals surface area contributed by atoms with Gasteiger partial charge < -0.3 is 10.2 Å². The van der Waals surface area contributed by atoms with E-state index < -0.39 is 12.8 Å². The molecule has 7 heteroatoms. The van der Waals surface area contributed by atoms with Gasteiger partial charge in [0.15, 0.2) is 0 Å². The Morgan fingerprint density at radius 3 is 0.950 bits per heavy atom. The number of hydrogen-bond acceptors (Lipinski definition) is 5. The number of carboxylic acids is 1. The number of hydrogen-bond donors (Lipinski definition) is 4. The summed E-state index contributed by atoms with van der Waals surface area (Å²) in [4.78, 5) is 12.5. The first kappa shape index (κ1) is 39.7. The quantitative estimate of drug-likeness (QED) is 0.0644. The number of carboxylic acid groups (broad SMARTS) is 1. The predicted octanol–water partition coefficient (Wildman–Crippen LogP) is 10.5. The van der Waals surface area contributed by atoms with Crippen LogP contribution in [-0.4, -0.2) is 32.6 Å². The number of rotatable bonds is 14. The Balaban J connectivity index is 1.23. The molecule has 4 N–H and O–H groups in total. The molecule has 8 rings (SSSR count). The molecule has 0 saturated carbocycles. The van der Waals surface area contributed by atoms with Crippen LogP contribution in [0, 0.1) is 0 Å². The van der Waals surface area contributed by atoms with Crippen molar-refractivity contribution in [2.45, 2.75) is 18.3 Å². The fraction of sp³-hybridized carbons (Fsp3) is 0.0755. The first-order valence-corrected chi connectivity index (χ1v) is 22.2. The summed E-state index contributed by atoms with van der Waals surface area (Å²) < 4.78 is 7.60. The maximum absolute atomic E-state index is 12.5. The van der Waals surface area contributed by atoms with E-state index in [2.05, 4.69) is 72.8 Å². The van der Waals surface area contributed by atoms with E-state index in [4.69, 9.17) is 4.52 Å². The van der Waals surface area contributed by atoms with Crippen LogP contribution in [0.15, 0.2) is 212 Å². The monoisotopic (exact) mass is 808 g/mol. The van der Waals surface area contributed by atoms with Gasteiger partial charge in [0.2, 0.25) is 0 Å². The molecule has 0 aliphatic rings. The summed E-state index contributed by atoms with van der Waals surface area (Å²) in [5.74, 6) is -0.0905. The van der Waals surface area contributed by atoms with Crippen LogP contribution < -0.4 is 20.4 Å². The number of benzene rings is 8. The third kappa shape index (κ3) is 7.73. The number of phenolic OH excluding ortho intramolecular Hbond substituents is 3. The van der Waals surface area contributed by atoms with E-state index in [-0.39, 0.29) is 41.7 Å². The summed E-state index contributed by atoms with van der Waals surface area (Å²) in [5.41, 5.74) is 6.06. The molecule has 8 aromatic carbocycles. The predicted molar refractivity (Wildman–Crippen MR) is 242 cm³/mol. The zero-order chi connectivity index (χ0) is 41.6. The molecule has 0 spiro atoms. The Labute approximate surface area is 350 Å². The van der Waals surface area contributed by atoms with Crippen LogP contribution >= 0.6 is 6.83 Å². The van der Waals surface area contributed by atoms with E-state index in [0.29, 0.717) is 5.75 Å². The van der Waals surface area contributed by atoms with Crippen LogP contribution in [0.2, 0.25) is 0 Å². The Morgan fingerprint density at radius 2 is 0.667 bits per heavy atom. The van der Waals surface area contributed by atoms with Crippen molar-refractivity contribution in [3.8, 4) is 23.0 Å². The Kier molecular flexibility index (Phi) is 11.2. The Morgan fingerprint density at radius 1 is 0.400 bits per heavy atom. The van der Waals surface area contributed by atoms with Crippen molar-refractivity contribution in [1.29, 1.82) is 0 Å². The second kappa shape index (κ2) is 17.0. The van der Waals surface area contributed by atoms with Crippen LogP contribution in [0.1, 0.15) is 51.6 Å². The fourth-order valence-electron chi connectivity index (χ4n) is 8.57. The molecule has 0 saturated heterocycles. The van der Waals surface area contributed by atoms with Gasteiger partial charge in [0, 0.05) is 0 Å². The third-order valence-electron chi connectivity index (χ3n) is 11.5. The molecule has 1 unspecified atom stereocenters.